The summed E-state index contributed by atoms with van der Waals surface area (Å²) in [5.74, 6) is -2.59. The molecule has 0 bridgehead atoms. The highest BCUT2D eigenvalue weighted by Gasteiger charge is 2.35. The van der Waals surface area contributed by atoms with Gasteiger partial charge < -0.3 is 10.1 Å². The third kappa shape index (κ3) is 4.64. The van der Waals surface area contributed by atoms with Gasteiger partial charge in [-0.25, -0.2) is 13.2 Å². The van der Waals surface area contributed by atoms with Crippen molar-refractivity contribution in [3.8, 4) is 0 Å². The number of benzene rings is 3. The van der Waals surface area contributed by atoms with Gasteiger partial charge in [0.15, 0.2) is 12.4 Å². The first-order valence-corrected chi connectivity index (χ1v) is 11.6. The average Bonchev–Trinajstić information content (AvgIpc) is 2.81. The molecule has 3 aromatic carbocycles. The predicted octanol–water partition coefficient (Wildman–Crippen LogP) is 4.53. The Balaban J connectivity index is 1.50. The van der Waals surface area contributed by atoms with Crippen LogP contribution in [0.5, 0.6) is 0 Å². The van der Waals surface area contributed by atoms with E-state index in [0.717, 1.165) is 18.2 Å². The fourth-order valence-corrected chi connectivity index (χ4v) is 5.25. The molecule has 7 nitrogen and oxygen atoms in total. The molecular formula is C23H13ClF3NO6S. The summed E-state index contributed by atoms with van der Waals surface area (Å²) < 4.78 is 69.4. The minimum Gasteiger partial charge on any atom is -0.452 e. The Labute approximate surface area is 201 Å². The molecule has 1 heterocycles. The van der Waals surface area contributed by atoms with Crippen LogP contribution in [0, 0.1) is 0 Å². The van der Waals surface area contributed by atoms with Gasteiger partial charge in [-0.2, -0.15) is 13.2 Å². The lowest BCUT2D eigenvalue weighted by atomic mass is 10.0. The van der Waals surface area contributed by atoms with Crippen LogP contribution in [0.15, 0.2) is 70.5 Å². The van der Waals surface area contributed by atoms with Gasteiger partial charge in [0.05, 0.1) is 31.6 Å². The van der Waals surface area contributed by atoms with E-state index in [1.807, 2.05) is 0 Å². The molecule has 1 amide bonds. The van der Waals surface area contributed by atoms with E-state index in [-0.39, 0.29) is 37.2 Å². The van der Waals surface area contributed by atoms with Crippen LogP contribution >= 0.6 is 11.6 Å². The second kappa shape index (κ2) is 8.82. The smallest absolute Gasteiger partial charge is 0.416 e. The number of ketones is 1. The van der Waals surface area contributed by atoms with Crippen molar-refractivity contribution in [1.29, 1.82) is 0 Å². The van der Waals surface area contributed by atoms with Crippen molar-refractivity contribution in [1.82, 2.24) is 0 Å². The number of halogens is 4. The van der Waals surface area contributed by atoms with Crippen molar-refractivity contribution in [2.45, 2.75) is 16.0 Å². The van der Waals surface area contributed by atoms with Crippen molar-refractivity contribution in [3.05, 3.63) is 87.9 Å². The first-order chi connectivity index (χ1) is 16.4. The highest BCUT2D eigenvalue weighted by Crippen LogP contribution is 2.35. The molecule has 12 heteroatoms. The molecule has 0 saturated heterocycles. The standard InChI is InChI=1S/C23H13ClF3NO6S/c24-16-8-6-13(23(25,26)27)10-17(16)28-20(29)11-34-22(31)12-5-7-15-19(9-12)35(32,33)18-4-2-1-3-14(18)21(15)30/h1-10H,11H2,(H,28,29). The fraction of sp³-hybridized carbons (Fsp3) is 0.0870. The lowest BCUT2D eigenvalue weighted by Crippen LogP contribution is -2.23. The van der Waals surface area contributed by atoms with Crippen molar-refractivity contribution in [2.24, 2.45) is 0 Å². The molecule has 180 valence electrons. The van der Waals surface area contributed by atoms with Crippen LogP contribution in [0.4, 0.5) is 18.9 Å². The fourth-order valence-electron chi connectivity index (χ4n) is 3.41. The van der Waals surface area contributed by atoms with E-state index in [2.05, 4.69) is 5.32 Å². The zero-order valence-corrected chi connectivity index (χ0v) is 18.9. The van der Waals surface area contributed by atoms with Gasteiger partial charge >= 0.3 is 12.1 Å². The number of hydrogen-bond acceptors (Lipinski definition) is 6. The average molecular weight is 524 g/mol. The number of sulfone groups is 1. The van der Waals surface area contributed by atoms with E-state index in [1.165, 1.54) is 36.4 Å². The summed E-state index contributed by atoms with van der Waals surface area (Å²) in [7, 11) is -4.10. The van der Waals surface area contributed by atoms with Crippen LogP contribution in [-0.2, 0) is 25.5 Å². The Morgan fingerprint density at radius 2 is 1.63 bits per heavy atom. The van der Waals surface area contributed by atoms with Crippen LogP contribution < -0.4 is 5.32 Å². The number of nitrogens with one attached hydrogen (secondary N) is 1. The van der Waals surface area contributed by atoms with Gasteiger partial charge in [0.2, 0.25) is 9.84 Å². The third-order valence-corrected chi connectivity index (χ3v) is 7.26. The summed E-state index contributed by atoms with van der Waals surface area (Å²) in [6, 6.07) is 11.3. The minimum absolute atomic E-state index is 0.0141. The highest BCUT2D eigenvalue weighted by molar-refractivity contribution is 7.91. The van der Waals surface area contributed by atoms with Crippen LogP contribution in [-0.4, -0.2) is 32.7 Å². The highest BCUT2D eigenvalue weighted by atomic mass is 35.5. The van der Waals surface area contributed by atoms with E-state index >= 15 is 0 Å². The van der Waals surface area contributed by atoms with Gasteiger partial charge in [0.1, 0.15) is 0 Å². The molecule has 0 fully saturated rings. The molecule has 0 spiro atoms. The summed E-state index contributed by atoms with van der Waals surface area (Å²) in [4.78, 5) is 36.6. The Kier molecular flexibility index (Phi) is 6.16. The van der Waals surface area contributed by atoms with Crippen molar-refractivity contribution >= 4 is 44.8 Å². The van der Waals surface area contributed by atoms with Crippen molar-refractivity contribution in [3.63, 3.8) is 0 Å². The van der Waals surface area contributed by atoms with Crippen molar-refractivity contribution < 1.29 is 40.7 Å². The summed E-state index contributed by atoms with van der Waals surface area (Å²) in [6.45, 7) is -0.892. The van der Waals surface area contributed by atoms with Gasteiger partial charge in [-0.15, -0.1) is 0 Å². The lowest BCUT2D eigenvalue weighted by Gasteiger charge is -2.19. The molecule has 0 aliphatic carbocycles. The number of fused-ring (bicyclic) bond motifs is 2. The molecule has 0 radical (unpaired) electrons. The monoisotopic (exact) mass is 523 g/mol. The minimum atomic E-state index is -4.66. The van der Waals surface area contributed by atoms with Crippen LogP contribution in [0.1, 0.15) is 31.8 Å². The number of carbonyl (C=O) groups excluding carboxylic acids is 3. The molecule has 3 aromatic rings. The summed E-state index contributed by atoms with van der Waals surface area (Å²) >= 11 is 5.82. The topological polar surface area (TPSA) is 107 Å². The number of ether oxygens (including phenoxy) is 1. The van der Waals surface area contributed by atoms with Gasteiger partial charge in [-0.3, -0.25) is 9.59 Å². The Hall–Kier alpha value is -3.70. The number of esters is 1. The Bertz CT molecular complexity index is 1500. The molecule has 35 heavy (non-hydrogen) atoms. The predicted molar refractivity (Wildman–Crippen MR) is 117 cm³/mol. The Morgan fingerprint density at radius 1 is 0.943 bits per heavy atom. The molecule has 0 atom stereocenters. The second-order valence-electron chi connectivity index (χ2n) is 7.36. The second-order valence-corrected chi connectivity index (χ2v) is 9.65. The van der Waals surface area contributed by atoms with Crippen LogP contribution in [0.3, 0.4) is 0 Å². The van der Waals surface area contributed by atoms with Crippen LogP contribution in [0.2, 0.25) is 5.02 Å². The zero-order chi connectivity index (χ0) is 25.5. The largest absolute Gasteiger partial charge is 0.452 e. The van der Waals surface area contributed by atoms with Crippen molar-refractivity contribution in [2.75, 3.05) is 11.9 Å². The Morgan fingerprint density at radius 3 is 2.34 bits per heavy atom. The van der Waals surface area contributed by atoms with E-state index in [9.17, 15) is 36.0 Å². The maximum absolute atomic E-state index is 13.0. The maximum Gasteiger partial charge on any atom is 0.416 e. The van der Waals surface area contributed by atoms with E-state index in [1.54, 1.807) is 0 Å². The van der Waals surface area contributed by atoms with E-state index < -0.39 is 45.8 Å². The molecule has 0 saturated carbocycles. The summed E-state index contributed by atoms with van der Waals surface area (Å²) in [5.41, 5.74) is -1.72. The molecule has 1 aliphatic rings. The SMILES string of the molecule is O=C(COC(=O)c1ccc2c(c1)S(=O)(=O)c1ccccc1C2=O)Nc1cc(C(F)(F)F)ccc1Cl. The summed E-state index contributed by atoms with van der Waals surface area (Å²) in [6.07, 6.45) is -4.66. The van der Waals surface area contributed by atoms with Gasteiger partial charge in [0.25, 0.3) is 5.91 Å². The number of hydrogen-bond donors (Lipinski definition) is 1. The first kappa shape index (κ1) is 24.4. The van der Waals surface area contributed by atoms with Gasteiger partial charge in [0, 0.05) is 11.1 Å². The third-order valence-electron chi connectivity index (χ3n) is 5.07. The molecule has 1 N–H and O–H groups in total. The molecule has 0 aromatic heterocycles. The van der Waals surface area contributed by atoms with E-state index in [0.29, 0.717) is 6.07 Å². The number of alkyl halides is 3. The first-order valence-electron chi connectivity index (χ1n) is 9.76. The van der Waals surface area contributed by atoms with Gasteiger partial charge in [-0.1, -0.05) is 23.7 Å². The summed E-state index contributed by atoms with van der Waals surface area (Å²) in [5, 5.41) is 1.96. The number of amides is 1. The van der Waals surface area contributed by atoms with Gasteiger partial charge in [-0.05, 0) is 48.5 Å². The number of rotatable bonds is 4. The number of carbonyl (C=O) groups is 3. The lowest BCUT2D eigenvalue weighted by molar-refractivity contribution is -0.137. The van der Waals surface area contributed by atoms with E-state index in [4.69, 9.17) is 16.3 Å². The number of anilines is 1. The quantitative estimate of drug-likeness (QED) is 0.394. The zero-order valence-electron chi connectivity index (χ0n) is 17.4. The maximum atomic E-state index is 13.0. The molecule has 4 rings (SSSR count). The molecule has 1 aliphatic heterocycles. The van der Waals surface area contributed by atoms with Crippen LogP contribution in [0.25, 0.3) is 0 Å². The normalized spacial score (nSPS) is 14.0. The molecule has 0 unspecified atom stereocenters. The molecular weight excluding hydrogens is 511 g/mol.